The van der Waals surface area contributed by atoms with Crippen molar-refractivity contribution in [2.75, 3.05) is 40.4 Å². The highest BCUT2D eigenvalue weighted by molar-refractivity contribution is 5.79. The fourth-order valence-electron chi connectivity index (χ4n) is 2.53. The number of carbonyl (C=O) groups is 1. The van der Waals surface area contributed by atoms with Crippen LogP contribution >= 0.6 is 0 Å². The highest BCUT2D eigenvalue weighted by Gasteiger charge is 2.39. The number of likely N-dealkylation sites (tertiary alicyclic amines) is 1. The molecule has 0 aliphatic carbocycles. The number of ether oxygens (including phenoxy) is 2. The molecule has 5 nitrogen and oxygen atoms in total. The Morgan fingerprint density at radius 1 is 1.24 bits per heavy atom. The third-order valence-electron chi connectivity index (χ3n) is 4.04. The molecule has 5 heteroatoms. The van der Waals surface area contributed by atoms with E-state index in [1.807, 2.05) is 11.8 Å². The van der Waals surface area contributed by atoms with Gasteiger partial charge in [0.1, 0.15) is 12.2 Å². The summed E-state index contributed by atoms with van der Waals surface area (Å²) in [6.07, 6.45) is 0.0198. The molecule has 2 fully saturated rings. The largest absolute Gasteiger partial charge is 0.377 e. The maximum atomic E-state index is 12.3. The summed E-state index contributed by atoms with van der Waals surface area (Å²) < 4.78 is 10.7. The smallest absolute Gasteiger partial charge is 0.225 e. The van der Waals surface area contributed by atoms with Crippen molar-refractivity contribution in [3.63, 3.8) is 0 Å². The van der Waals surface area contributed by atoms with Gasteiger partial charge in [-0.25, -0.2) is 0 Å². The van der Waals surface area contributed by atoms with Crippen molar-refractivity contribution in [3.8, 4) is 0 Å². The standard InChI is InChI=1S/C12H22N2O3/c1-8(9-4-13-5-9)12(15)14-6-10(16-2)11(7-14)17-3/h8-11,13H,4-7H2,1-3H3. The van der Waals surface area contributed by atoms with Crippen LogP contribution in [0, 0.1) is 11.8 Å². The summed E-state index contributed by atoms with van der Waals surface area (Å²) in [5, 5.41) is 3.21. The lowest BCUT2D eigenvalue weighted by Crippen LogP contribution is -2.50. The minimum Gasteiger partial charge on any atom is -0.377 e. The quantitative estimate of drug-likeness (QED) is 0.736. The predicted octanol–water partition coefficient (Wildman–Crippen LogP) is -0.286. The van der Waals surface area contributed by atoms with Crippen LogP contribution in [0.5, 0.6) is 0 Å². The number of hydrogen-bond acceptors (Lipinski definition) is 4. The monoisotopic (exact) mass is 242 g/mol. The first-order valence-corrected chi connectivity index (χ1v) is 6.22. The molecular formula is C12H22N2O3. The Bertz CT molecular complexity index is 269. The van der Waals surface area contributed by atoms with E-state index in [-0.39, 0.29) is 24.0 Å². The highest BCUT2D eigenvalue weighted by atomic mass is 16.5. The number of nitrogens with one attached hydrogen (secondary N) is 1. The van der Waals surface area contributed by atoms with E-state index < -0.39 is 0 Å². The van der Waals surface area contributed by atoms with Crippen LogP contribution in [-0.2, 0) is 14.3 Å². The summed E-state index contributed by atoms with van der Waals surface area (Å²) in [6.45, 7) is 5.25. The first-order valence-electron chi connectivity index (χ1n) is 6.22. The number of nitrogens with zero attached hydrogens (tertiary/aromatic N) is 1. The van der Waals surface area contributed by atoms with Gasteiger partial charge in [-0.3, -0.25) is 4.79 Å². The van der Waals surface area contributed by atoms with E-state index in [0.717, 1.165) is 13.1 Å². The lowest BCUT2D eigenvalue weighted by atomic mass is 9.88. The molecule has 3 atom stereocenters. The van der Waals surface area contributed by atoms with Gasteiger partial charge in [-0.2, -0.15) is 0 Å². The van der Waals surface area contributed by atoms with Gasteiger partial charge in [-0.05, 0) is 19.0 Å². The lowest BCUT2D eigenvalue weighted by Gasteiger charge is -2.33. The molecule has 1 amide bonds. The van der Waals surface area contributed by atoms with Crippen LogP contribution in [0.2, 0.25) is 0 Å². The molecule has 0 saturated carbocycles. The van der Waals surface area contributed by atoms with Crippen molar-refractivity contribution in [1.29, 1.82) is 0 Å². The third kappa shape index (κ3) is 2.46. The van der Waals surface area contributed by atoms with Gasteiger partial charge in [-0.15, -0.1) is 0 Å². The highest BCUT2D eigenvalue weighted by Crippen LogP contribution is 2.23. The molecule has 0 aromatic rings. The summed E-state index contributed by atoms with van der Waals surface area (Å²) in [6, 6.07) is 0. The number of carbonyl (C=O) groups excluding carboxylic acids is 1. The van der Waals surface area contributed by atoms with Crippen LogP contribution in [0.1, 0.15) is 6.92 Å². The topological polar surface area (TPSA) is 50.8 Å². The molecule has 98 valence electrons. The second-order valence-corrected chi connectivity index (χ2v) is 5.00. The number of rotatable bonds is 4. The third-order valence-corrected chi connectivity index (χ3v) is 4.04. The zero-order chi connectivity index (χ0) is 12.4. The van der Waals surface area contributed by atoms with Gasteiger partial charge in [0.25, 0.3) is 0 Å². The van der Waals surface area contributed by atoms with Gasteiger partial charge in [0.15, 0.2) is 0 Å². The number of hydrogen-bond donors (Lipinski definition) is 1. The van der Waals surface area contributed by atoms with Gasteiger partial charge in [0, 0.05) is 33.2 Å². The zero-order valence-corrected chi connectivity index (χ0v) is 10.8. The second-order valence-electron chi connectivity index (χ2n) is 5.00. The normalized spacial score (nSPS) is 31.4. The van der Waals surface area contributed by atoms with E-state index >= 15 is 0 Å². The van der Waals surface area contributed by atoms with E-state index in [2.05, 4.69) is 5.32 Å². The summed E-state index contributed by atoms with van der Waals surface area (Å²) in [7, 11) is 3.34. The fraction of sp³-hybridized carbons (Fsp3) is 0.917. The van der Waals surface area contributed by atoms with Gasteiger partial charge < -0.3 is 19.7 Å². The molecule has 0 bridgehead atoms. The van der Waals surface area contributed by atoms with Crippen LogP contribution in [0.15, 0.2) is 0 Å². The molecule has 2 rings (SSSR count). The summed E-state index contributed by atoms with van der Waals surface area (Å²) in [5.41, 5.74) is 0. The molecule has 2 saturated heterocycles. The van der Waals surface area contributed by atoms with Crippen LogP contribution in [0.3, 0.4) is 0 Å². The van der Waals surface area contributed by atoms with E-state index in [4.69, 9.17) is 9.47 Å². The first kappa shape index (κ1) is 12.8. The molecular weight excluding hydrogens is 220 g/mol. The Hall–Kier alpha value is -0.650. The van der Waals surface area contributed by atoms with E-state index in [0.29, 0.717) is 19.0 Å². The van der Waals surface area contributed by atoms with Crippen molar-refractivity contribution in [1.82, 2.24) is 10.2 Å². The Kier molecular flexibility index (Phi) is 4.01. The molecule has 0 aromatic heterocycles. The average Bonchev–Trinajstić information content (AvgIpc) is 2.68. The minimum absolute atomic E-state index is 0.00988. The lowest BCUT2D eigenvalue weighted by molar-refractivity contribution is -0.136. The van der Waals surface area contributed by atoms with Crippen molar-refractivity contribution >= 4 is 5.91 Å². The molecule has 0 aromatic carbocycles. The Labute approximate surface area is 102 Å². The number of amides is 1. The van der Waals surface area contributed by atoms with Crippen LogP contribution in [0.25, 0.3) is 0 Å². The van der Waals surface area contributed by atoms with Crippen LogP contribution < -0.4 is 5.32 Å². The molecule has 0 radical (unpaired) electrons. The van der Waals surface area contributed by atoms with Crippen molar-refractivity contribution in [2.45, 2.75) is 19.1 Å². The van der Waals surface area contributed by atoms with Gasteiger partial charge in [0.05, 0.1) is 0 Å². The summed E-state index contributed by atoms with van der Waals surface area (Å²) in [5.74, 6) is 0.826. The SMILES string of the molecule is COC1CN(C(=O)C(C)C2CNC2)CC1OC. The molecule has 2 aliphatic rings. The molecule has 1 N–H and O–H groups in total. The van der Waals surface area contributed by atoms with Crippen molar-refractivity contribution in [3.05, 3.63) is 0 Å². The van der Waals surface area contributed by atoms with Crippen LogP contribution in [-0.4, -0.2) is 63.4 Å². The van der Waals surface area contributed by atoms with Gasteiger partial charge >= 0.3 is 0 Å². The van der Waals surface area contributed by atoms with Gasteiger partial charge in [0.2, 0.25) is 5.91 Å². The molecule has 2 aliphatic heterocycles. The average molecular weight is 242 g/mol. The summed E-state index contributed by atoms with van der Waals surface area (Å²) >= 11 is 0. The molecule has 2 heterocycles. The Morgan fingerprint density at radius 3 is 2.12 bits per heavy atom. The maximum absolute atomic E-state index is 12.3. The van der Waals surface area contributed by atoms with E-state index in [9.17, 15) is 4.79 Å². The fourth-order valence-corrected chi connectivity index (χ4v) is 2.53. The number of methoxy groups -OCH3 is 2. The molecule has 0 spiro atoms. The molecule has 3 unspecified atom stereocenters. The second kappa shape index (κ2) is 5.33. The van der Waals surface area contributed by atoms with Crippen molar-refractivity contribution < 1.29 is 14.3 Å². The Balaban J connectivity index is 1.91. The van der Waals surface area contributed by atoms with E-state index in [1.54, 1.807) is 14.2 Å². The molecule has 17 heavy (non-hydrogen) atoms. The van der Waals surface area contributed by atoms with Crippen molar-refractivity contribution in [2.24, 2.45) is 11.8 Å². The Morgan fingerprint density at radius 2 is 1.76 bits per heavy atom. The van der Waals surface area contributed by atoms with Crippen LogP contribution in [0.4, 0.5) is 0 Å². The minimum atomic E-state index is 0.00988. The predicted molar refractivity (Wildman–Crippen MR) is 63.7 cm³/mol. The summed E-state index contributed by atoms with van der Waals surface area (Å²) in [4.78, 5) is 14.2. The zero-order valence-electron chi connectivity index (χ0n) is 10.8. The van der Waals surface area contributed by atoms with Gasteiger partial charge in [-0.1, -0.05) is 6.92 Å². The van der Waals surface area contributed by atoms with E-state index in [1.165, 1.54) is 0 Å². The maximum Gasteiger partial charge on any atom is 0.225 e. The first-order chi connectivity index (χ1) is 8.17.